The monoisotopic (exact) mass is 275 g/mol. The fourth-order valence-electron chi connectivity index (χ4n) is 3.01. The predicted molar refractivity (Wildman–Crippen MR) is 82.3 cm³/mol. The van der Waals surface area contributed by atoms with E-state index < -0.39 is 0 Å². The number of nitrogens with two attached hydrogens (primary N) is 1. The van der Waals surface area contributed by atoms with Crippen molar-refractivity contribution in [1.82, 2.24) is 9.88 Å². The van der Waals surface area contributed by atoms with Crippen molar-refractivity contribution in [3.05, 3.63) is 23.8 Å². The maximum atomic E-state index is 5.76. The molecule has 1 aliphatic rings. The molecule has 3 nitrogen and oxygen atoms in total. The minimum atomic E-state index is 0.660. The molecule has 1 aliphatic heterocycles. The van der Waals surface area contributed by atoms with E-state index in [4.69, 9.17) is 5.73 Å². The number of likely N-dealkylation sites (tertiary alicyclic amines) is 1. The number of benzene rings is 1. The second-order valence-electron chi connectivity index (χ2n) is 5.80. The van der Waals surface area contributed by atoms with Crippen LogP contribution in [0, 0.1) is 5.92 Å². The maximum Gasteiger partial charge on any atom is 0.181 e. The minimum absolute atomic E-state index is 0.660. The summed E-state index contributed by atoms with van der Waals surface area (Å²) in [4.78, 5) is 6.90. The van der Waals surface area contributed by atoms with Crippen molar-refractivity contribution < 1.29 is 0 Å². The van der Waals surface area contributed by atoms with Crippen molar-refractivity contribution in [3.63, 3.8) is 0 Å². The molecule has 1 fully saturated rings. The number of aromatic nitrogens is 1. The summed E-state index contributed by atoms with van der Waals surface area (Å²) >= 11 is 1.58. The van der Waals surface area contributed by atoms with Crippen LogP contribution < -0.4 is 5.73 Å². The van der Waals surface area contributed by atoms with E-state index in [9.17, 15) is 0 Å². The van der Waals surface area contributed by atoms with Crippen molar-refractivity contribution in [2.75, 3.05) is 12.3 Å². The Labute approximate surface area is 118 Å². The van der Waals surface area contributed by atoms with E-state index in [0.29, 0.717) is 11.2 Å². The Morgan fingerprint density at radius 3 is 3.05 bits per heavy atom. The summed E-state index contributed by atoms with van der Waals surface area (Å²) in [5.74, 6) is 0.870. The lowest BCUT2D eigenvalue weighted by Crippen LogP contribution is -2.39. The largest absolute Gasteiger partial charge is 0.375 e. The Bertz CT molecular complexity index is 578. The lowest BCUT2D eigenvalue weighted by molar-refractivity contribution is 0.122. The van der Waals surface area contributed by atoms with Gasteiger partial charge in [-0.2, -0.15) is 0 Å². The van der Waals surface area contributed by atoms with Gasteiger partial charge in [0.2, 0.25) is 0 Å². The van der Waals surface area contributed by atoms with Gasteiger partial charge in [-0.05, 0) is 49.9 Å². The van der Waals surface area contributed by atoms with Crippen LogP contribution in [0.5, 0.6) is 0 Å². The third-order valence-corrected chi connectivity index (χ3v) is 4.98. The van der Waals surface area contributed by atoms with Gasteiger partial charge >= 0.3 is 0 Å². The molecule has 0 bridgehead atoms. The molecule has 4 heteroatoms. The van der Waals surface area contributed by atoms with E-state index in [2.05, 4.69) is 41.9 Å². The molecule has 0 aliphatic carbocycles. The predicted octanol–water partition coefficient (Wildman–Crippen LogP) is 3.50. The summed E-state index contributed by atoms with van der Waals surface area (Å²) in [6.45, 7) is 6.96. The fourth-order valence-corrected chi connectivity index (χ4v) is 3.81. The zero-order valence-electron chi connectivity index (χ0n) is 11.6. The van der Waals surface area contributed by atoms with Crippen molar-refractivity contribution in [2.45, 2.75) is 39.3 Å². The highest BCUT2D eigenvalue weighted by molar-refractivity contribution is 7.22. The summed E-state index contributed by atoms with van der Waals surface area (Å²) in [5.41, 5.74) is 8.15. The van der Waals surface area contributed by atoms with E-state index in [1.54, 1.807) is 11.3 Å². The Balaban J connectivity index is 1.77. The van der Waals surface area contributed by atoms with Crippen molar-refractivity contribution >= 4 is 26.7 Å². The molecule has 2 aromatic rings. The maximum absolute atomic E-state index is 5.76. The van der Waals surface area contributed by atoms with Gasteiger partial charge in [0.05, 0.1) is 10.2 Å². The first-order valence-corrected chi connectivity index (χ1v) is 7.82. The highest BCUT2D eigenvalue weighted by Crippen LogP contribution is 2.27. The number of hydrogen-bond donors (Lipinski definition) is 1. The second kappa shape index (κ2) is 5.10. The molecule has 2 N–H and O–H groups in total. The third-order valence-electron chi connectivity index (χ3n) is 4.13. The molecule has 0 amide bonds. The lowest BCUT2D eigenvalue weighted by atomic mass is 9.93. The number of nitrogen functional groups attached to an aromatic ring is 1. The van der Waals surface area contributed by atoms with Gasteiger partial charge in [-0.15, -0.1) is 0 Å². The van der Waals surface area contributed by atoms with Crippen LogP contribution in [0.25, 0.3) is 10.2 Å². The summed E-state index contributed by atoms with van der Waals surface area (Å²) in [7, 11) is 0. The molecule has 1 aromatic carbocycles. The average molecular weight is 275 g/mol. The van der Waals surface area contributed by atoms with Gasteiger partial charge in [0, 0.05) is 12.6 Å². The van der Waals surface area contributed by atoms with Crippen LogP contribution in [-0.4, -0.2) is 22.5 Å². The Morgan fingerprint density at radius 1 is 1.42 bits per heavy atom. The molecular weight excluding hydrogens is 254 g/mol. The summed E-state index contributed by atoms with van der Waals surface area (Å²) in [6, 6.07) is 7.21. The van der Waals surface area contributed by atoms with Crippen LogP contribution in [-0.2, 0) is 6.54 Å². The summed E-state index contributed by atoms with van der Waals surface area (Å²) in [5, 5.41) is 0.660. The van der Waals surface area contributed by atoms with Gasteiger partial charge in [0.1, 0.15) is 0 Å². The van der Waals surface area contributed by atoms with E-state index in [-0.39, 0.29) is 0 Å². The SMILES string of the molecule is CC1CCN(Cc2ccc3nc(N)sc3c2)C(C)C1. The van der Waals surface area contributed by atoms with Crippen LogP contribution in [0.4, 0.5) is 5.13 Å². The van der Waals surface area contributed by atoms with Crippen molar-refractivity contribution in [2.24, 2.45) is 5.92 Å². The van der Waals surface area contributed by atoms with E-state index in [1.165, 1.54) is 29.6 Å². The molecule has 0 saturated carbocycles. The van der Waals surface area contributed by atoms with Gasteiger partial charge in [-0.3, -0.25) is 4.90 Å². The standard InChI is InChI=1S/C15H21N3S/c1-10-5-6-18(11(2)7-10)9-12-3-4-13-14(8-12)19-15(16)17-13/h3-4,8,10-11H,5-7,9H2,1-2H3,(H2,16,17). The normalized spacial score (nSPS) is 24.9. The molecule has 2 heterocycles. The quantitative estimate of drug-likeness (QED) is 0.912. The molecule has 2 atom stereocenters. The van der Waals surface area contributed by atoms with Gasteiger partial charge in [-0.1, -0.05) is 24.3 Å². The topological polar surface area (TPSA) is 42.2 Å². The average Bonchev–Trinajstić information content (AvgIpc) is 2.72. The Hall–Kier alpha value is -1.13. The first-order chi connectivity index (χ1) is 9.11. The number of nitrogens with zero attached hydrogens (tertiary/aromatic N) is 2. The minimum Gasteiger partial charge on any atom is -0.375 e. The van der Waals surface area contributed by atoms with Crippen LogP contribution in [0.15, 0.2) is 18.2 Å². The van der Waals surface area contributed by atoms with Gasteiger partial charge in [-0.25, -0.2) is 4.98 Å². The van der Waals surface area contributed by atoms with Crippen LogP contribution in [0.2, 0.25) is 0 Å². The highest BCUT2D eigenvalue weighted by atomic mass is 32.1. The first kappa shape index (κ1) is 12.9. The molecule has 102 valence electrons. The van der Waals surface area contributed by atoms with Gasteiger partial charge in [0.25, 0.3) is 0 Å². The van der Waals surface area contributed by atoms with Gasteiger partial charge < -0.3 is 5.73 Å². The fraction of sp³-hybridized carbons (Fsp3) is 0.533. The summed E-state index contributed by atoms with van der Waals surface area (Å²) in [6.07, 6.45) is 2.63. The van der Waals surface area contributed by atoms with E-state index in [1.807, 2.05) is 0 Å². The zero-order chi connectivity index (χ0) is 13.4. The first-order valence-electron chi connectivity index (χ1n) is 7.01. The molecule has 0 radical (unpaired) electrons. The smallest absolute Gasteiger partial charge is 0.181 e. The van der Waals surface area contributed by atoms with Crippen LogP contribution in [0.1, 0.15) is 32.3 Å². The molecule has 19 heavy (non-hydrogen) atoms. The lowest BCUT2D eigenvalue weighted by Gasteiger charge is -2.36. The van der Waals surface area contributed by atoms with E-state index >= 15 is 0 Å². The van der Waals surface area contributed by atoms with Crippen molar-refractivity contribution in [1.29, 1.82) is 0 Å². The number of anilines is 1. The molecule has 2 unspecified atom stereocenters. The summed E-state index contributed by atoms with van der Waals surface area (Å²) < 4.78 is 1.20. The number of piperidine rings is 1. The number of fused-ring (bicyclic) bond motifs is 1. The van der Waals surface area contributed by atoms with Crippen LogP contribution >= 0.6 is 11.3 Å². The van der Waals surface area contributed by atoms with Crippen LogP contribution in [0.3, 0.4) is 0 Å². The third kappa shape index (κ3) is 2.74. The van der Waals surface area contributed by atoms with E-state index in [0.717, 1.165) is 18.0 Å². The molecule has 0 spiro atoms. The number of thiazole rings is 1. The second-order valence-corrected chi connectivity index (χ2v) is 6.87. The number of hydrogen-bond acceptors (Lipinski definition) is 4. The molecule has 1 saturated heterocycles. The highest BCUT2D eigenvalue weighted by Gasteiger charge is 2.22. The Morgan fingerprint density at radius 2 is 2.26 bits per heavy atom. The zero-order valence-corrected chi connectivity index (χ0v) is 12.4. The van der Waals surface area contributed by atoms with Crippen molar-refractivity contribution in [3.8, 4) is 0 Å². The molecule has 3 rings (SSSR count). The number of rotatable bonds is 2. The Kier molecular flexibility index (Phi) is 3.46. The molecular formula is C15H21N3S. The van der Waals surface area contributed by atoms with Gasteiger partial charge in [0.15, 0.2) is 5.13 Å². The molecule has 1 aromatic heterocycles.